The number of hydrogen-bond donors (Lipinski definition) is 1. The summed E-state index contributed by atoms with van der Waals surface area (Å²) >= 11 is 6.17. The largest absolute Gasteiger partial charge is 0.497 e. The molecule has 0 radical (unpaired) electrons. The van der Waals surface area contributed by atoms with Gasteiger partial charge in [-0.25, -0.2) is 0 Å². The predicted molar refractivity (Wildman–Crippen MR) is 80.1 cm³/mol. The van der Waals surface area contributed by atoms with Crippen LogP contribution in [-0.4, -0.2) is 11.7 Å². The van der Waals surface area contributed by atoms with Crippen LogP contribution in [-0.2, 0) is 13.1 Å². The Balaban J connectivity index is 2.07. The van der Waals surface area contributed by atoms with Gasteiger partial charge in [0.15, 0.2) is 0 Å². The third-order valence-electron chi connectivity index (χ3n) is 3.02. The maximum atomic E-state index is 6.17. The maximum absolute atomic E-state index is 6.17. The van der Waals surface area contributed by atoms with E-state index in [2.05, 4.69) is 35.1 Å². The third kappa shape index (κ3) is 3.44. The summed E-state index contributed by atoms with van der Waals surface area (Å²) in [6.07, 6.45) is 3.23. The van der Waals surface area contributed by atoms with Crippen LogP contribution in [0.25, 0.3) is 0 Å². The monoisotopic (exact) mass is 278 g/mol. The molecule has 0 saturated carbocycles. The van der Waals surface area contributed by atoms with Gasteiger partial charge in [0.1, 0.15) is 5.75 Å². The number of methoxy groups -OCH3 is 1. The molecule has 4 heteroatoms. The van der Waals surface area contributed by atoms with Crippen molar-refractivity contribution in [3.8, 4) is 5.75 Å². The molecule has 1 heterocycles. The van der Waals surface area contributed by atoms with E-state index >= 15 is 0 Å². The minimum Gasteiger partial charge on any atom is -0.497 e. The molecule has 1 aromatic carbocycles. The molecule has 0 aliphatic rings. The number of nitrogens with one attached hydrogen (secondary N) is 1. The van der Waals surface area contributed by atoms with Gasteiger partial charge in [0.25, 0.3) is 0 Å². The van der Waals surface area contributed by atoms with Crippen LogP contribution >= 0.6 is 11.6 Å². The van der Waals surface area contributed by atoms with Crippen LogP contribution in [0.4, 0.5) is 5.69 Å². The lowest BCUT2D eigenvalue weighted by atomic mass is 10.3. The first-order valence-electron chi connectivity index (χ1n) is 6.46. The summed E-state index contributed by atoms with van der Waals surface area (Å²) < 4.78 is 7.46. The lowest BCUT2D eigenvalue weighted by Gasteiger charge is -2.12. The molecule has 102 valence electrons. The molecule has 0 bridgehead atoms. The van der Waals surface area contributed by atoms with Gasteiger partial charge in [-0.3, -0.25) is 0 Å². The maximum Gasteiger partial charge on any atom is 0.121 e. The van der Waals surface area contributed by atoms with Crippen molar-refractivity contribution in [1.82, 2.24) is 4.57 Å². The van der Waals surface area contributed by atoms with Crippen molar-refractivity contribution in [2.75, 3.05) is 12.4 Å². The van der Waals surface area contributed by atoms with E-state index in [1.165, 1.54) is 5.69 Å². The molecule has 0 saturated heterocycles. The number of nitrogens with zero attached hydrogens (tertiary/aromatic N) is 1. The number of halogens is 1. The van der Waals surface area contributed by atoms with E-state index in [-0.39, 0.29) is 0 Å². The van der Waals surface area contributed by atoms with E-state index in [1.54, 1.807) is 7.11 Å². The highest BCUT2D eigenvalue weighted by atomic mass is 35.5. The predicted octanol–water partition coefficient (Wildman–Crippen LogP) is 4.17. The first-order valence-corrected chi connectivity index (χ1v) is 6.83. The number of rotatable bonds is 6. The lowest BCUT2D eigenvalue weighted by molar-refractivity contribution is 0.415. The number of aromatic nitrogens is 1. The Morgan fingerprint density at radius 3 is 2.89 bits per heavy atom. The van der Waals surface area contributed by atoms with Gasteiger partial charge in [0.2, 0.25) is 0 Å². The Morgan fingerprint density at radius 2 is 2.16 bits per heavy atom. The molecule has 2 rings (SSSR count). The fraction of sp³-hybridized carbons (Fsp3) is 0.333. The van der Waals surface area contributed by atoms with Crippen LogP contribution in [0.5, 0.6) is 5.75 Å². The topological polar surface area (TPSA) is 26.2 Å². The molecule has 0 amide bonds. The van der Waals surface area contributed by atoms with E-state index in [9.17, 15) is 0 Å². The minimum atomic E-state index is 0.703. The number of aryl methyl sites for hydroxylation is 1. The van der Waals surface area contributed by atoms with Crippen LogP contribution < -0.4 is 10.1 Å². The van der Waals surface area contributed by atoms with Gasteiger partial charge in [-0.1, -0.05) is 18.5 Å². The summed E-state index contributed by atoms with van der Waals surface area (Å²) in [6, 6.07) is 9.80. The normalized spacial score (nSPS) is 10.5. The molecule has 0 atom stereocenters. The zero-order chi connectivity index (χ0) is 13.7. The Morgan fingerprint density at radius 1 is 1.32 bits per heavy atom. The van der Waals surface area contributed by atoms with Crippen LogP contribution in [0.15, 0.2) is 36.5 Å². The van der Waals surface area contributed by atoms with Crippen molar-refractivity contribution in [3.05, 3.63) is 47.2 Å². The summed E-state index contributed by atoms with van der Waals surface area (Å²) in [5.41, 5.74) is 2.14. The fourth-order valence-electron chi connectivity index (χ4n) is 2.02. The summed E-state index contributed by atoms with van der Waals surface area (Å²) in [6.45, 7) is 3.96. The number of ether oxygens (including phenoxy) is 1. The van der Waals surface area contributed by atoms with E-state index in [1.807, 2.05) is 18.2 Å². The molecule has 1 aromatic heterocycles. The molecule has 3 nitrogen and oxygen atoms in total. The van der Waals surface area contributed by atoms with Gasteiger partial charge >= 0.3 is 0 Å². The van der Waals surface area contributed by atoms with Crippen LogP contribution in [0.3, 0.4) is 0 Å². The molecular formula is C15H19ClN2O. The number of anilines is 1. The second-order valence-electron chi connectivity index (χ2n) is 4.39. The zero-order valence-electron chi connectivity index (χ0n) is 11.3. The second-order valence-corrected chi connectivity index (χ2v) is 4.80. The van der Waals surface area contributed by atoms with Crippen LogP contribution in [0.2, 0.25) is 5.02 Å². The van der Waals surface area contributed by atoms with Crippen LogP contribution in [0.1, 0.15) is 19.0 Å². The van der Waals surface area contributed by atoms with Crippen molar-refractivity contribution in [3.63, 3.8) is 0 Å². The Bertz CT molecular complexity index is 537. The number of hydrogen-bond acceptors (Lipinski definition) is 2. The summed E-state index contributed by atoms with van der Waals surface area (Å²) in [5, 5.41) is 4.06. The Labute approximate surface area is 119 Å². The van der Waals surface area contributed by atoms with Gasteiger partial charge in [-0.05, 0) is 30.7 Å². The van der Waals surface area contributed by atoms with E-state index in [0.29, 0.717) is 5.02 Å². The van der Waals surface area contributed by atoms with E-state index in [0.717, 1.165) is 30.9 Å². The third-order valence-corrected chi connectivity index (χ3v) is 3.35. The summed E-state index contributed by atoms with van der Waals surface area (Å²) in [4.78, 5) is 0. The van der Waals surface area contributed by atoms with Gasteiger partial charge in [-0.15, -0.1) is 0 Å². The highest BCUT2D eigenvalue weighted by Crippen LogP contribution is 2.27. The molecule has 0 unspecified atom stereocenters. The summed E-state index contributed by atoms with van der Waals surface area (Å²) in [7, 11) is 1.65. The van der Waals surface area contributed by atoms with Gasteiger partial charge in [0, 0.05) is 24.5 Å². The SMILES string of the molecule is CCCn1cccc1CNc1cc(OC)ccc1Cl. The first kappa shape index (κ1) is 13.8. The van der Waals surface area contributed by atoms with Gasteiger partial charge in [-0.2, -0.15) is 0 Å². The Hall–Kier alpha value is -1.61. The van der Waals surface area contributed by atoms with E-state index in [4.69, 9.17) is 16.3 Å². The van der Waals surface area contributed by atoms with Crippen LogP contribution in [0, 0.1) is 0 Å². The smallest absolute Gasteiger partial charge is 0.121 e. The average molecular weight is 279 g/mol. The van der Waals surface area contributed by atoms with E-state index < -0.39 is 0 Å². The lowest BCUT2D eigenvalue weighted by Crippen LogP contribution is -2.07. The second kappa shape index (κ2) is 6.53. The molecule has 2 aromatic rings. The molecule has 0 aliphatic carbocycles. The zero-order valence-corrected chi connectivity index (χ0v) is 12.1. The summed E-state index contributed by atoms with van der Waals surface area (Å²) in [5.74, 6) is 0.802. The Kier molecular flexibility index (Phi) is 4.74. The molecule has 0 aliphatic heterocycles. The van der Waals surface area contributed by atoms with Crippen molar-refractivity contribution < 1.29 is 4.74 Å². The van der Waals surface area contributed by atoms with Gasteiger partial charge in [0.05, 0.1) is 24.4 Å². The van der Waals surface area contributed by atoms with Crippen molar-refractivity contribution >= 4 is 17.3 Å². The molecule has 19 heavy (non-hydrogen) atoms. The minimum absolute atomic E-state index is 0.703. The van der Waals surface area contributed by atoms with Crippen molar-refractivity contribution in [2.45, 2.75) is 26.4 Å². The van der Waals surface area contributed by atoms with Gasteiger partial charge < -0.3 is 14.6 Å². The first-order chi connectivity index (χ1) is 9.24. The highest BCUT2D eigenvalue weighted by molar-refractivity contribution is 6.33. The van der Waals surface area contributed by atoms with Crippen molar-refractivity contribution in [1.29, 1.82) is 0 Å². The standard InChI is InChI=1S/C15H19ClN2O/c1-3-8-18-9-4-5-12(18)11-17-15-10-13(19-2)6-7-14(15)16/h4-7,9-10,17H,3,8,11H2,1-2H3. The molecular weight excluding hydrogens is 260 g/mol. The quantitative estimate of drug-likeness (QED) is 0.858. The molecule has 0 spiro atoms. The molecule has 1 N–H and O–H groups in total. The highest BCUT2D eigenvalue weighted by Gasteiger charge is 2.04. The molecule has 0 fully saturated rings. The number of benzene rings is 1. The average Bonchev–Trinajstić information content (AvgIpc) is 2.86. The fourth-order valence-corrected chi connectivity index (χ4v) is 2.21. The van der Waals surface area contributed by atoms with Crippen molar-refractivity contribution in [2.24, 2.45) is 0 Å².